The van der Waals surface area contributed by atoms with Gasteiger partial charge in [-0.3, -0.25) is 9.69 Å². The quantitative estimate of drug-likeness (QED) is 0.658. The van der Waals surface area contributed by atoms with Crippen LogP contribution in [0, 0.1) is 5.92 Å². The van der Waals surface area contributed by atoms with Crippen molar-refractivity contribution in [1.29, 1.82) is 0 Å². The lowest BCUT2D eigenvalue weighted by molar-refractivity contribution is -0.121. The van der Waals surface area contributed by atoms with Crippen molar-refractivity contribution in [2.45, 2.75) is 58.0 Å². The maximum Gasteiger partial charge on any atom is 0.221 e. The normalized spacial score (nSPS) is 22.5. The largest absolute Gasteiger partial charge is 0.354 e. The minimum atomic E-state index is 0. The maximum absolute atomic E-state index is 12.3. The molecule has 0 spiro atoms. The first-order chi connectivity index (χ1) is 10.7. The Morgan fingerprint density at radius 2 is 1.92 bits per heavy atom. The predicted octanol–water partition coefficient (Wildman–Crippen LogP) is 2.94. The third kappa shape index (κ3) is 7.69. The summed E-state index contributed by atoms with van der Waals surface area (Å²) >= 11 is 1.95. The number of nitrogens with zero attached hydrogens (tertiary/aromatic N) is 1. The van der Waals surface area contributed by atoms with Crippen LogP contribution in [0.25, 0.3) is 0 Å². The SMILES string of the molecule is CCC(CC)C(CNC(=O)CC1CSCCN1)N1CCCC1.Cl.Cl. The minimum absolute atomic E-state index is 0. The van der Waals surface area contributed by atoms with E-state index in [0.717, 1.165) is 18.8 Å². The summed E-state index contributed by atoms with van der Waals surface area (Å²) < 4.78 is 0. The van der Waals surface area contributed by atoms with Crippen molar-refractivity contribution in [3.05, 3.63) is 0 Å². The highest BCUT2D eigenvalue weighted by Gasteiger charge is 2.28. The van der Waals surface area contributed by atoms with E-state index >= 15 is 0 Å². The number of carbonyl (C=O) groups is 1. The molecule has 2 rings (SSSR count). The summed E-state index contributed by atoms with van der Waals surface area (Å²) in [6, 6.07) is 0.882. The summed E-state index contributed by atoms with van der Waals surface area (Å²) in [7, 11) is 0. The lowest BCUT2D eigenvalue weighted by Crippen LogP contribution is -2.48. The van der Waals surface area contributed by atoms with Crippen molar-refractivity contribution in [2.24, 2.45) is 5.92 Å². The van der Waals surface area contributed by atoms with Gasteiger partial charge in [0.1, 0.15) is 0 Å². The Hall–Kier alpha value is 0.320. The summed E-state index contributed by atoms with van der Waals surface area (Å²) in [6.45, 7) is 8.83. The van der Waals surface area contributed by atoms with Crippen LogP contribution in [-0.2, 0) is 4.79 Å². The van der Waals surface area contributed by atoms with Crippen LogP contribution in [0.4, 0.5) is 0 Å². The zero-order valence-corrected chi connectivity index (χ0v) is 17.5. The zero-order chi connectivity index (χ0) is 15.8. The second-order valence-corrected chi connectivity index (χ2v) is 7.77. The number of thioether (sulfide) groups is 1. The Morgan fingerprint density at radius 1 is 1.25 bits per heavy atom. The molecule has 7 heteroatoms. The van der Waals surface area contributed by atoms with Gasteiger partial charge in [-0.15, -0.1) is 24.8 Å². The van der Waals surface area contributed by atoms with Crippen molar-refractivity contribution in [3.63, 3.8) is 0 Å². The molecule has 0 bridgehead atoms. The molecule has 0 saturated carbocycles. The van der Waals surface area contributed by atoms with Crippen molar-refractivity contribution in [1.82, 2.24) is 15.5 Å². The second-order valence-electron chi connectivity index (χ2n) is 6.62. The number of nitrogens with one attached hydrogen (secondary N) is 2. The lowest BCUT2D eigenvalue weighted by Gasteiger charge is -2.34. The third-order valence-electron chi connectivity index (χ3n) is 5.14. The van der Waals surface area contributed by atoms with Crippen molar-refractivity contribution >= 4 is 42.5 Å². The molecule has 2 fully saturated rings. The smallest absolute Gasteiger partial charge is 0.221 e. The Labute approximate surface area is 164 Å². The standard InChI is InChI=1S/C17H33N3OS.2ClH/c1-3-14(4-2)16(20-8-5-6-9-20)12-19-17(21)11-15-13-22-10-7-18-15;;/h14-16,18H,3-13H2,1-2H3,(H,19,21);2*1H. The Kier molecular flexibility index (Phi) is 13.7. The van der Waals surface area contributed by atoms with Crippen molar-refractivity contribution in [3.8, 4) is 0 Å². The molecule has 2 N–H and O–H groups in total. The number of likely N-dealkylation sites (tertiary alicyclic amines) is 1. The molecule has 0 radical (unpaired) electrons. The van der Waals surface area contributed by atoms with Gasteiger partial charge < -0.3 is 10.6 Å². The molecule has 2 aliphatic heterocycles. The van der Waals surface area contributed by atoms with Gasteiger partial charge in [0.25, 0.3) is 0 Å². The van der Waals surface area contributed by atoms with Gasteiger partial charge >= 0.3 is 0 Å². The Bertz CT molecular complexity index is 332. The van der Waals surface area contributed by atoms with Crippen LogP contribution in [0.1, 0.15) is 46.0 Å². The van der Waals surface area contributed by atoms with E-state index in [1.165, 1.54) is 44.5 Å². The Morgan fingerprint density at radius 3 is 2.46 bits per heavy atom. The number of rotatable bonds is 8. The summed E-state index contributed by atoms with van der Waals surface area (Å²) in [5.41, 5.74) is 0. The fraction of sp³-hybridized carbons (Fsp3) is 0.941. The fourth-order valence-electron chi connectivity index (χ4n) is 3.77. The molecule has 2 heterocycles. The van der Waals surface area contributed by atoms with E-state index < -0.39 is 0 Å². The number of hydrogen-bond donors (Lipinski definition) is 2. The van der Waals surface area contributed by atoms with Gasteiger partial charge in [-0.05, 0) is 31.8 Å². The molecule has 2 saturated heterocycles. The van der Waals surface area contributed by atoms with Crippen molar-refractivity contribution in [2.75, 3.05) is 37.7 Å². The van der Waals surface area contributed by atoms with Crippen LogP contribution in [0.3, 0.4) is 0 Å². The van der Waals surface area contributed by atoms with E-state index in [-0.39, 0.29) is 30.7 Å². The molecular formula is C17H35Cl2N3OS. The number of halogens is 2. The number of carbonyl (C=O) groups excluding carboxylic acids is 1. The van der Waals surface area contributed by atoms with Gasteiger partial charge in [-0.2, -0.15) is 11.8 Å². The maximum atomic E-state index is 12.3. The second kappa shape index (κ2) is 13.5. The topological polar surface area (TPSA) is 44.4 Å². The van der Waals surface area contributed by atoms with Gasteiger partial charge in [-0.25, -0.2) is 0 Å². The lowest BCUT2D eigenvalue weighted by atomic mass is 9.93. The zero-order valence-electron chi connectivity index (χ0n) is 15.1. The van der Waals surface area contributed by atoms with Crippen LogP contribution >= 0.6 is 36.6 Å². The van der Waals surface area contributed by atoms with E-state index in [1.807, 2.05) is 11.8 Å². The monoisotopic (exact) mass is 399 g/mol. The molecule has 1 amide bonds. The van der Waals surface area contributed by atoms with E-state index in [2.05, 4.69) is 29.4 Å². The van der Waals surface area contributed by atoms with Crippen LogP contribution < -0.4 is 10.6 Å². The van der Waals surface area contributed by atoms with Gasteiger partial charge in [0, 0.05) is 43.1 Å². The van der Waals surface area contributed by atoms with Crippen LogP contribution in [-0.4, -0.2) is 60.6 Å². The van der Waals surface area contributed by atoms with E-state index in [9.17, 15) is 4.79 Å². The first-order valence-electron chi connectivity index (χ1n) is 9.06. The highest BCUT2D eigenvalue weighted by molar-refractivity contribution is 7.99. The molecule has 2 aliphatic rings. The molecule has 0 aromatic carbocycles. The molecule has 144 valence electrons. The molecular weight excluding hydrogens is 365 g/mol. The third-order valence-corrected chi connectivity index (χ3v) is 6.27. The highest BCUT2D eigenvalue weighted by Crippen LogP contribution is 2.22. The molecule has 24 heavy (non-hydrogen) atoms. The average Bonchev–Trinajstić information content (AvgIpc) is 3.06. The predicted molar refractivity (Wildman–Crippen MR) is 110 cm³/mol. The van der Waals surface area contributed by atoms with E-state index in [1.54, 1.807) is 0 Å². The summed E-state index contributed by atoms with van der Waals surface area (Å²) in [6.07, 6.45) is 5.66. The van der Waals surface area contributed by atoms with Crippen LogP contribution in [0.5, 0.6) is 0 Å². The number of hydrogen-bond acceptors (Lipinski definition) is 4. The van der Waals surface area contributed by atoms with Gasteiger partial charge in [0.15, 0.2) is 0 Å². The van der Waals surface area contributed by atoms with Crippen LogP contribution in [0.2, 0.25) is 0 Å². The molecule has 0 aliphatic carbocycles. The summed E-state index contributed by atoms with van der Waals surface area (Å²) in [5.74, 6) is 3.15. The van der Waals surface area contributed by atoms with Crippen LogP contribution in [0.15, 0.2) is 0 Å². The summed E-state index contributed by atoms with van der Waals surface area (Å²) in [5, 5.41) is 6.67. The van der Waals surface area contributed by atoms with E-state index in [0.29, 0.717) is 24.4 Å². The average molecular weight is 400 g/mol. The fourth-order valence-corrected chi connectivity index (χ4v) is 4.71. The molecule has 4 nitrogen and oxygen atoms in total. The first-order valence-corrected chi connectivity index (χ1v) is 10.2. The van der Waals surface area contributed by atoms with Gasteiger partial charge in [-0.1, -0.05) is 26.7 Å². The molecule has 0 aromatic rings. The molecule has 2 unspecified atom stereocenters. The van der Waals surface area contributed by atoms with E-state index in [4.69, 9.17) is 0 Å². The summed E-state index contributed by atoms with van der Waals surface area (Å²) in [4.78, 5) is 14.9. The first kappa shape index (κ1) is 24.3. The minimum Gasteiger partial charge on any atom is -0.354 e. The molecule has 2 atom stereocenters. The van der Waals surface area contributed by atoms with Gasteiger partial charge in [0.05, 0.1) is 0 Å². The van der Waals surface area contributed by atoms with Gasteiger partial charge in [0.2, 0.25) is 5.91 Å². The highest BCUT2D eigenvalue weighted by atomic mass is 35.5. The Balaban J connectivity index is 0.00000264. The number of amides is 1. The van der Waals surface area contributed by atoms with Crippen molar-refractivity contribution < 1.29 is 4.79 Å². The molecule has 0 aromatic heterocycles.